The van der Waals surface area contributed by atoms with Gasteiger partial charge in [-0.3, -0.25) is 9.59 Å². The zero-order valence-electron chi connectivity index (χ0n) is 15.9. The van der Waals surface area contributed by atoms with E-state index in [4.69, 9.17) is 14.2 Å². The minimum absolute atomic E-state index is 0.0953. The van der Waals surface area contributed by atoms with E-state index in [1.807, 2.05) is 0 Å². The van der Waals surface area contributed by atoms with Gasteiger partial charge in [0.2, 0.25) is 5.91 Å². The van der Waals surface area contributed by atoms with Gasteiger partial charge in [-0.2, -0.15) is 0 Å². The number of amides is 2. The molecule has 1 rings (SSSR count). The molecule has 2 amide bonds. The molecule has 7 heteroatoms. The van der Waals surface area contributed by atoms with Crippen molar-refractivity contribution in [2.75, 3.05) is 40.5 Å². The Bertz CT molecular complexity index is 541. The quantitative estimate of drug-likeness (QED) is 0.523. The zero-order valence-corrected chi connectivity index (χ0v) is 15.9. The molecule has 0 atom stereocenters. The van der Waals surface area contributed by atoms with Gasteiger partial charge in [-0.25, -0.2) is 0 Å². The van der Waals surface area contributed by atoms with E-state index in [9.17, 15) is 9.59 Å². The lowest BCUT2D eigenvalue weighted by molar-refractivity contribution is -0.121. The Balaban J connectivity index is 2.24. The predicted molar refractivity (Wildman–Crippen MR) is 99.8 cm³/mol. The summed E-state index contributed by atoms with van der Waals surface area (Å²) in [5, 5.41) is 5.53. The summed E-state index contributed by atoms with van der Waals surface area (Å²) in [5.74, 6) is 0.697. The average Bonchev–Trinajstić information content (AvgIpc) is 2.66. The number of methoxy groups -OCH3 is 2. The van der Waals surface area contributed by atoms with Crippen molar-refractivity contribution in [2.24, 2.45) is 0 Å². The van der Waals surface area contributed by atoms with Crippen LogP contribution in [0.25, 0.3) is 0 Å². The van der Waals surface area contributed by atoms with Crippen LogP contribution in [0.15, 0.2) is 18.2 Å². The molecule has 0 heterocycles. The molecule has 26 heavy (non-hydrogen) atoms. The van der Waals surface area contributed by atoms with Gasteiger partial charge >= 0.3 is 0 Å². The van der Waals surface area contributed by atoms with E-state index >= 15 is 0 Å². The fourth-order valence-electron chi connectivity index (χ4n) is 2.17. The third kappa shape index (κ3) is 8.71. The van der Waals surface area contributed by atoms with Crippen molar-refractivity contribution >= 4 is 11.8 Å². The summed E-state index contributed by atoms with van der Waals surface area (Å²) in [6, 6.07) is 4.93. The van der Waals surface area contributed by atoms with Gasteiger partial charge in [0.05, 0.1) is 14.2 Å². The Morgan fingerprint density at radius 2 is 1.58 bits per heavy atom. The second-order valence-electron chi connectivity index (χ2n) is 5.78. The van der Waals surface area contributed by atoms with Crippen LogP contribution in [0.3, 0.4) is 0 Å². The molecule has 7 nitrogen and oxygen atoms in total. The fraction of sp³-hybridized carbons (Fsp3) is 0.579. The van der Waals surface area contributed by atoms with Crippen LogP contribution in [0.2, 0.25) is 0 Å². The topological polar surface area (TPSA) is 85.9 Å². The lowest BCUT2D eigenvalue weighted by Crippen LogP contribution is -2.31. The van der Waals surface area contributed by atoms with Gasteiger partial charge in [0, 0.05) is 44.4 Å². The average molecular weight is 366 g/mol. The van der Waals surface area contributed by atoms with Crippen molar-refractivity contribution in [1.29, 1.82) is 0 Å². The molecule has 0 fully saturated rings. The Kier molecular flexibility index (Phi) is 10.9. The van der Waals surface area contributed by atoms with E-state index in [0.29, 0.717) is 30.2 Å². The van der Waals surface area contributed by atoms with Crippen molar-refractivity contribution in [3.8, 4) is 11.5 Å². The molecule has 146 valence electrons. The largest absolute Gasteiger partial charge is 0.497 e. The number of unbranched alkanes of at least 4 members (excludes halogenated alkanes) is 1. The van der Waals surface area contributed by atoms with Crippen LogP contribution in [-0.2, 0) is 9.53 Å². The summed E-state index contributed by atoms with van der Waals surface area (Å²) in [6.45, 7) is 4.37. The fourth-order valence-corrected chi connectivity index (χ4v) is 2.17. The highest BCUT2D eigenvalue weighted by molar-refractivity contribution is 5.95. The molecular weight excluding hydrogens is 336 g/mol. The predicted octanol–water partition coefficient (Wildman–Crippen LogP) is 2.15. The third-order valence-corrected chi connectivity index (χ3v) is 3.68. The smallest absolute Gasteiger partial charge is 0.251 e. The Morgan fingerprint density at radius 3 is 2.19 bits per heavy atom. The molecule has 1 aromatic rings. The molecule has 0 aliphatic heterocycles. The minimum atomic E-state index is -0.278. The number of hydrogen-bond acceptors (Lipinski definition) is 5. The first-order valence-corrected chi connectivity index (χ1v) is 8.96. The number of carbonyl (C=O) groups is 2. The first-order chi connectivity index (χ1) is 12.6. The summed E-state index contributed by atoms with van der Waals surface area (Å²) >= 11 is 0. The monoisotopic (exact) mass is 366 g/mol. The van der Waals surface area contributed by atoms with E-state index in [1.165, 1.54) is 14.2 Å². The lowest BCUT2D eigenvalue weighted by Gasteiger charge is -2.09. The number of benzene rings is 1. The van der Waals surface area contributed by atoms with Gasteiger partial charge in [0.1, 0.15) is 11.5 Å². The van der Waals surface area contributed by atoms with E-state index in [0.717, 1.165) is 25.9 Å². The van der Waals surface area contributed by atoms with Crippen LogP contribution in [0.1, 0.15) is 43.0 Å². The molecule has 0 aromatic heterocycles. The first-order valence-electron chi connectivity index (χ1n) is 8.96. The highest BCUT2D eigenvalue weighted by atomic mass is 16.5. The van der Waals surface area contributed by atoms with Crippen molar-refractivity contribution in [1.82, 2.24) is 10.6 Å². The third-order valence-electron chi connectivity index (χ3n) is 3.68. The number of nitrogens with one attached hydrogen (secondary N) is 2. The molecule has 0 saturated carbocycles. The van der Waals surface area contributed by atoms with E-state index in [2.05, 4.69) is 17.6 Å². The molecule has 0 saturated heterocycles. The van der Waals surface area contributed by atoms with Crippen LogP contribution < -0.4 is 20.1 Å². The summed E-state index contributed by atoms with van der Waals surface area (Å²) in [5.41, 5.74) is 0.422. The maximum Gasteiger partial charge on any atom is 0.251 e. The Labute approximate surface area is 155 Å². The maximum atomic E-state index is 12.2. The number of carbonyl (C=O) groups excluding carboxylic acids is 2. The second-order valence-corrected chi connectivity index (χ2v) is 5.78. The van der Waals surface area contributed by atoms with E-state index < -0.39 is 0 Å². The van der Waals surface area contributed by atoms with Crippen molar-refractivity contribution in [3.05, 3.63) is 23.8 Å². The molecule has 0 aliphatic rings. The van der Waals surface area contributed by atoms with Gasteiger partial charge in [-0.15, -0.1) is 0 Å². The summed E-state index contributed by atoms with van der Waals surface area (Å²) < 4.78 is 15.7. The molecule has 0 aliphatic carbocycles. The normalized spacial score (nSPS) is 10.3. The summed E-state index contributed by atoms with van der Waals surface area (Å²) in [6.07, 6.45) is 3.19. The molecule has 1 aromatic carbocycles. The molecule has 0 spiro atoms. The number of rotatable bonds is 13. The van der Waals surface area contributed by atoms with Crippen molar-refractivity contribution in [3.63, 3.8) is 0 Å². The van der Waals surface area contributed by atoms with Gasteiger partial charge < -0.3 is 24.8 Å². The number of hydrogen-bond donors (Lipinski definition) is 2. The second kappa shape index (κ2) is 13.0. The minimum Gasteiger partial charge on any atom is -0.497 e. The van der Waals surface area contributed by atoms with Crippen LogP contribution in [0.5, 0.6) is 11.5 Å². The Hall–Kier alpha value is -2.28. The van der Waals surface area contributed by atoms with Gasteiger partial charge in [-0.05, 0) is 25.0 Å². The SMILES string of the molecule is CCCCOCCCNC(=O)CCNC(=O)c1cc(OC)cc(OC)c1. The highest BCUT2D eigenvalue weighted by Gasteiger charge is 2.10. The first kappa shape index (κ1) is 21.8. The van der Waals surface area contributed by atoms with Crippen molar-refractivity contribution in [2.45, 2.75) is 32.6 Å². The van der Waals surface area contributed by atoms with Gasteiger partial charge in [0.15, 0.2) is 0 Å². The van der Waals surface area contributed by atoms with Crippen LogP contribution in [0.4, 0.5) is 0 Å². The highest BCUT2D eigenvalue weighted by Crippen LogP contribution is 2.22. The standard InChI is InChI=1S/C19H30N2O5/c1-4-5-10-26-11-6-8-20-18(22)7-9-21-19(23)15-12-16(24-2)14-17(13-15)25-3/h12-14H,4-11H2,1-3H3,(H,20,22)(H,21,23). The summed E-state index contributed by atoms with van der Waals surface area (Å²) in [7, 11) is 3.05. The zero-order chi connectivity index (χ0) is 19.2. The van der Waals surface area contributed by atoms with Crippen LogP contribution in [-0.4, -0.2) is 52.3 Å². The van der Waals surface area contributed by atoms with E-state index in [-0.39, 0.29) is 24.8 Å². The van der Waals surface area contributed by atoms with Crippen LogP contribution >= 0.6 is 0 Å². The Morgan fingerprint density at radius 1 is 0.923 bits per heavy atom. The summed E-state index contributed by atoms with van der Waals surface area (Å²) in [4.78, 5) is 23.9. The van der Waals surface area contributed by atoms with Gasteiger partial charge in [0.25, 0.3) is 5.91 Å². The maximum absolute atomic E-state index is 12.2. The molecule has 0 bridgehead atoms. The molecular formula is C19H30N2O5. The molecule has 0 unspecified atom stereocenters. The van der Waals surface area contributed by atoms with Gasteiger partial charge in [-0.1, -0.05) is 13.3 Å². The van der Waals surface area contributed by atoms with Crippen LogP contribution in [0, 0.1) is 0 Å². The van der Waals surface area contributed by atoms with E-state index in [1.54, 1.807) is 18.2 Å². The molecule has 2 N–H and O–H groups in total. The lowest BCUT2D eigenvalue weighted by atomic mass is 10.2. The number of ether oxygens (including phenoxy) is 3. The molecule has 0 radical (unpaired) electrons. The van der Waals surface area contributed by atoms with Crippen molar-refractivity contribution < 1.29 is 23.8 Å².